The van der Waals surface area contributed by atoms with Gasteiger partial charge in [0.2, 0.25) is 0 Å². The van der Waals surface area contributed by atoms with Gasteiger partial charge in [-0.15, -0.1) is 0 Å². The molecule has 2 heterocycles. The zero-order valence-electron chi connectivity index (χ0n) is 13.3. The van der Waals surface area contributed by atoms with Crippen LogP contribution >= 0.6 is 11.8 Å². The van der Waals surface area contributed by atoms with Crippen molar-refractivity contribution in [2.45, 2.75) is 0 Å². The van der Waals surface area contributed by atoms with E-state index in [0.717, 1.165) is 17.0 Å². The molecule has 2 aliphatic heterocycles. The molecule has 0 unspecified atom stereocenters. The van der Waals surface area contributed by atoms with Crippen LogP contribution in [0, 0.1) is 0 Å². The van der Waals surface area contributed by atoms with E-state index in [1.54, 1.807) is 13.2 Å². The Bertz CT molecular complexity index is 904. The van der Waals surface area contributed by atoms with Crippen molar-refractivity contribution in [3.05, 3.63) is 65.9 Å². The summed E-state index contributed by atoms with van der Waals surface area (Å²) in [5.41, 5.74) is 5.09. The van der Waals surface area contributed by atoms with Gasteiger partial charge in [0.25, 0.3) is 5.91 Å². The lowest BCUT2D eigenvalue weighted by Crippen LogP contribution is -2.38. The van der Waals surface area contributed by atoms with Gasteiger partial charge >= 0.3 is 0 Å². The van der Waals surface area contributed by atoms with Crippen LogP contribution in [0.1, 0.15) is 5.56 Å². The van der Waals surface area contributed by atoms with Crippen LogP contribution in [0.4, 0.5) is 5.69 Å². The Morgan fingerprint density at radius 1 is 1.16 bits per heavy atom. The molecular formula is C18H14N4O2S. The van der Waals surface area contributed by atoms with Gasteiger partial charge in [0.05, 0.1) is 12.8 Å². The average Bonchev–Trinajstić information content (AvgIpc) is 3.16. The SMILES string of the molecule is COc1ccc(/C=C2\N=C3SC(=Nc4ccccc4)NN3C2=O)cc1. The number of amidine groups is 2. The molecule has 0 atom stereocenters. The Kier molecular flexibility index (Phi) is 3.99. The summed E-state index contributed by atoms with van der Waals surface area (Å²) in [4.78, 5) is 21.4. The minimum Gasteiger partial charge on any atom is -0.497 e. The van der Waals surface area contributed by atoms with Gasteiger partial charge in [-0.25, -0.2) is 9.98 Å². The second kappa shape index (κ2) is 6.45. The van der Waals surface area contributed by atoms with Gasteiger partial charge in [0.15, 0.2) is 10.3 Å². The van der Waals surface area contributed by atoms with E-state index in [0.29, 0.717) is 16.0 Å². The van der Waals surface area contributed by atoms with E-state index >= 15 is 0 Å². The molecule has 1 N–H and O–H groups in total. The van der Waals surface area contributed by atoms with Crippen LogP contribution in [0.3, 0.4) is 0 Å². The number of hydrogen-bond donors (Lipinski definition) is 1. The number of benzene rings is 2. The van der Waals surface area contributed by atoms with Crippen LogP contribution in [0.25, 0.3) is 6.08 Å². The highest BCUT2D eigenvalue weighted by Gasteiger charge is 2.37. The van der Waals surface area contributed by atoms with Crippen LogP contribution in [0.5, 0.6) is 5.75 Å². The molecule has 0 bridgehead atoms. The third kappa shape index (κ3) is 3.14. The van der Waals surface area contributed by atoms with E-state index in [2.05, 4.69) is 15.4 Å². The van der Waals surface area contributed by atoms with Crippen molar-refractivity contribution >= 4 is 39.8 Å². The van der Waals surface area contributed by atoms with Gasteiger partial charge < -0.3 is 4.74 Å². The number of hydrogen-bond acceptors (Lipinski definition) is 5. The third-order valence-corrected chi connectivity index (χ3v) is 4.46. The van der Waals surface area contributed by atoms with Gasteiger partial charge in [-0.05, 0) is 47.7 Å². The molecule has 0 spiro atoms. The molecule has 4 rings (SSSR count). The number of nitrogens with zero attached hydrogens (tertiary/aromatic N) is 3. The maximum absolute atomic E-state index is 12.5. The summed E-state index contributed by atoms with van der Waals surface area (Å²) in [6.45, 7) is 0. The fraction of sp³-hybridized carbons (Fsp3) is 0.0556. The lowest BCUT2D eigenvalue weighted by Gasteiger charge is -2.08. The molecule has 0 radical (unpaired) electrons. The van der Waals surface area contributed by atoms with Crippen molar-refractivity contribution in [2.24, 2.45) is 9.98 Å². The summed E-state index contributed by atoms with van der Waals surface area (Å²) in [6, 6.07) is 17.0. The molecule has 1 fully saturated rings. The highest BCUT2D eigenvalue weighted by Crippen LogP contribution is 2.29. The second-order valence-electron chi connectivity index (χ2n) is 5.30. The number of fused-ring (bicyclic) bond motifs is 1. The number of methoxy groups -OCH3 is 1. The van der Waals surface area contributed by atoms with E-state index in [-0.39, 0.29) is 5.91 Å². The molecular weight excluding hydrogens is 336 g/mol. The number of nitrogens with one attached hydrogen (secondary N) is 1. The first-order valence-electron chi connectivity index (χ1n) is 7.60. The van der Waals surface area contributed by atoms with Crippen LogP contribution in [0.2, 0.25) is 0 Å². The molecule has 2 aliphatic rings. The highest BCUT2D eigenvalue weighted by atomic mass is 32.2. The first-order valence-corrected chi connectivity index (χ1v) is 8.42. The lowest BCUT2D eigenvalue weighted by molar-refractivity contribution is -0.123. The van der Waals surface area contributed by atoms with Gasteiger partial charge in [-0.2, -0.15) is 5.01 Å². The van der Waals surface area contributed by atoms with Crippen LogP contribution < -0.4 is 10.2 Å². The molecule has 2 aromatic carbocycles. The summed E-state index contributed by atoms with van der Waals surface area (Å²) in [6.07, 6.45) is 1.75. The molecule has 2 aromatic rings. The number of carbonyl (C=O) groups excluding carboxylic acids is 1. The monoisotopic (exact) mass is 350 g/mol. The van der Waals surface area contributed by atoms with Crippen LogP contribution in [-0.2, 0) is 4.79 Å². The molecule has 0 aromatic heterocycles. The van der Waals surface area contributed by atoms with Gasteiger partial charge in [-0.1, -0.05) is 30.3 Å². The molecule has 1 saturated heterocycles. The number of ether oxygens (including phenoxy) is 1. The maximum atomic E-state index is 12.5. The Balaban J connectivity index is 1.55. The summed E-state index contributed by atoms with van der Waals surface area (Å²) < 4.78 is 5.13. The average molecular weight is 350 g/mol. The van der Waals surface area contributed by atoms with Crippen molar-refractivity contribution in [1.29, 1.82) is 0 Å². The van der Waals surface area contributed by atoms with Gasteiger partial charge in [0.1, 0.15) is 11.4 Å². The Morgan fingerprint density at radius 3 is 2.60 bits per heavy atom. The maximum Gasteiger partial charge on any atom is 0.297 e. The van der Waals surface area contributed by atoms with Gasteiger partial charge in [0, 0.05) is 0 Å². The fourth-order valence-corrected chi connectivity index (χ4v) is 3.22. The second-order valence-corrected chi connectivity index (χ2v) is 6.26. The molecule has 124 valence electrons. The van der Waals surface area contributed by atoms with E-state index in [9.17, 15) is 4.79 Å². The topological polar surface area (TPSA) is 66.3 Å². The molecule has 6 nitrogen and oxygen atoms in total. The molecule has 25 heavy (non-hydrogen) atoms. The predicted molar refractivity (Wildman–Crippen MR) is 99.5 cm³/mol. The number of rotatable bonds is 3. The Hall–Kier alpha value is -3.06. The van der Waals surface area contributed by atoms with Gasteiger partial charge in [-0.3, -0.25) is 10.2 Å². The van der Waals surface area contributed by atoms with E-state index in [1.807, 2.05) is 54.6 Å². The summed E-state index contributed by atoms with van der Waals surface area (Å²) in [7, 11) is 1.62. The smallest absolute Gasteiger partial charge is 0.297 e. The van der Waals surface area contributed by atoms with Crippen LogP contribution in [-0.4, -0.2) is 28.4 Å². The number of amides is 1. The summed E-state index contributed by atoms with van der Waals surface area (Å²) in [5, 5.41) is 2.63. The molecule has 1 amide bonds. The first kappa shape index (κ1) is 15.5. The number of thioether (sulfide) groups is 1. The van der Waals surface area contributed by atoms with Crippen molar-refractivity contribution in [3.8, 4) is 5.75 Å². The predicted octanol–water partition coefficient (Wildman–Crippen LogP) is 3.17. The van der Waals surface area contributed by atoms with E-state index in [1.165, 1.54) is 16.8 Å². The third-order valence-electron chi connectivity index (χ3n) is 3.63. The molecule has 0 aliphatic carbocycles. The standard InChI is InChI=1S/C18H14N4O2S/c1-24-14-9-7-12(8-10-14)11-15-16(23)22-18(20-15)25-17(21-22)19-13-5-3-2-4-6-13/h2-11H,1H3,(H,19,21)/b15-11-. The minimum absolute atomic E-state index is 0.198. The quantitative estimate of drug-likeness (QED) is 0.864. The minimum atomic E-state index is -0.198. The number of carbonyl (C=O) groups is 1. The number of hydrazine groups is 1. The summed E-state index contributed by atoms with van der Waals surface area (Å²) in [5.74, 6) is 0.572. The Labute approximate surface area is 148 Å². The summed E-state index contributed by atoms with van der Waals surface area (Å²) >= 11 is 1.33. The number of aliphatic imine (C=N–C) groups is 2. The largest absolute Gasteiger partial charge is 0.497 e. The molecule has 7 heteroatoms. The highest BCUT2D eigenvalue weighted by molar-refractivity contribution is 8.27. The molecule has 0 saturated carbocycles. The van der Waals surface area contributed by atoms with Crippen molar-refractivity contribution in [1.82, 2.24) is 10.4 Å². The Morgan fingerprint density at radius 2 is 1.92 bits per heavy atom. The van der Waals surface area contributed by atoms with Crippen molar-refractivity contribution < 1.29 is 9.53 Å². The van der Waals surface area contributed by atoms with Crippen molar-refractivity contribution in [3.63, 3.8) is 0 Å². The normalized spacial score (nSPS) is 19.2. The fourth-order valence-electron chi connectivity index (χ4n) is 2.39. The first-order chi connectivity index (χ1) is 12.2. The van der Waals surface area contributed by atoms with E-state index < -0.39 is 0 Å². The van der Waals surface area contributed by atoms with Crippen molar-refractivity contribution in [2.75, 3.05) is 7.11 Å². The van der Waals surface area contributed by atoms with E-state index in [4.69, 9.17) is 4.74 Å². The zero-order chi connectivity index (χ0) is 17.2. The number of para-hydroxylation sites is 1. The lowest BCUT2D eigenvalue weighted by atomic mass is 10.2. The van der Waals surface area contributed by atoms with Crippen LogP contribution in [0.15, 0.2) is 70.3 Å². The zero-order valence-corrected chi connectivity index (χ0v) is 14.2.